The van der Waals surface area contributed by atoms with Gasteiger partial charge in [0, 0.05) is 11.8 Å². The predicted octanol–water partition coefficient (Wildman–Crippen LogP) is 9.76. The third-order valence-electron chi connectivity index (χ3n) is 9.34. The predicted molar refractivity (Wildman–Crippen MR) is 184 cm³/mol. The summed E-state index contributed by atoms with van der Waals surface area (Å²) in [6.45, 7) is 21.5. The minimum Gasteiger partial charge on any atom is -0.393 e. The van der Waals surface area contributed by atoms with Crippen molar-refractivity contribution in [3.63, 3.8) is 0 Å². The number of rotatable bonds is 10. The van der Waals surface area contributed by atoms with Crippen molar-refractivity contribution in [3.8, 4) is 0 Å². The Bertz CT molecular complexity index is 1330. The molecule has 3 nitrogen and oxygen atoms in total. The fraction of sp³-hybridized carbons (Fsp3) is 0.500. The minimum absolute atomic E-state index is 0.00262. The second-order valence-corrected chi connectivity index (χ2v) is 14.6. The van der Waals surface area contributed by atoms with Gasteiger partial charge < -0.3 is 14.9 Å². The summed E-state index contributed by atoms with van der Waals surface area (Å²) >= 11 is 0. The highest BCUT2D eigenvalue weighted by Gasteiger charge is 2.74. The quantitative estimate of drug-likeness (QED) is 0.198. The lowest BCUT2D eigenvalue weighted by Crippen LogP contribution is -2.46. The Morgan fingerprint density at radius 1 is 0.674 bits per heavy atom. The van der Waals surface area contributed by atoms with Gasteiger partial charge in [0.25, 0.3) is 0 Å². The zero-order chi connectivity index (χ0) is 32.1. The standard InChI is InChI=1S/C40H56O3/c1-29(17-13-19-31(3)21-22-36-33(5)25-34(41)26-37(36,6)7)15-11-12-16-30(2)18-14-20-32(4)23-24-40-38(8,9)27-35(42)28-39(40,10)43-40/h11-24,34-35,41-42H,25-28H2,1-10H3/b12-11+,17-13+,18-14+,22-21+,24-23+,29-15+,30-16+,31-19+,32-20+/t34?,35-,39?,40?/m0/s1. The van der Waals surface area contributed by atoms with Crippen LogP contribution in [0.25, 0.3) is 0 Å². The molecule has 1 aliphatic heterocycles. The first kappa shape index (κ1) is 34.8. The Morgan fingerprint density at radius 2 is 1.19 bits per heavy atom. The van der Waals surface area contributed by atoms with E-state index in [4.69, 9.17) is 4.74 Å². The molecule has 1 heterocycles. The van der Waals surface area contributed by atoms with Crippen LogP contribution in [0.5, 0.6) is 0 Å². The maximum absolute atomic E-state index is 10.2. The Hall–Kier alpha value is -2.72. The van der Waals surface area contributed by atoms with Crippen LogP contribution in [0.3, 0.4) is 0 Å². The van der Waals surface area contributed by atoms with E-state index in [9.17, 15) is 10.2 Å². The van der Waals surface area contributed by atoms with Crippen LogP contribution in [0.1, 0.15) is 94.9 Å². The topological polar surface area (TPSA) is 53.0 Å². The lowest BCUT2D eigenvalue weighted by Gasteiger charge is -2.39. The van der Waals surface area contributed by atoms with Crippen molar-refractivity contribution in [2.45, 2.75) is 118 Å². The average Bonchev–Trinajstić information content (AvgIpc) is 3.49. The van der Waals surface area contributed by atoms with E-state index in [1.54, 1.807) is 0 Å². The zero-order valence-electron chi connectivity index (χ0n) is 28.4. The van der Waals surface area contributed by atoms with E-state index in [0.29, 0.717) is 6.42 Å². The average molecular weight is 585 g/mol. The number of aliphatic hydroxyl groups is 2. The van der Waals surface area contributed by atoms with E-state index in [2.05, 4.69) is 154 Å². The summed E-state index contributed by atoms with van der Waals surface area (Å²) in [6, 6.07) is 0. The van der Waals surface area contributed by atoms with Gasteiger partial charge in [0.2, 0.25) is 0 Å². The second-order valence-electron chi connectivity index (χ2n) is 14.6. The third-order valence-corrected chi connectivity index (χ3v) is 9.34. The van der Waals surface area contributed by atoms with Gasteiger partial charge in [-0.25, -0.2) is 0 Å². The van der Waals surface area contributed by atoms with Gasteiger partial charge in [0.15, 0.2) is 0 Å². The first-order valence-electron chi connectivity index (χ1n) is 15.9. The lowest BCUT2D eigenvalue weighted by atomic mass is 9.63. The van der Waals surface area contributed by atoms with Gasteiger partial charge in [0.05, 0.1) is 12.2 Å². The van der Waals surface area contributed by atoms with Crippen LogP contribution in [-0.2, 0) is 4.74 Å². The molecule has 2 N–H and O–H groups in total. The molecule has 3 rings (SSSR count). The first-order valence-corrected chi connectivity index (χ1v) is 15.9. The van der Waals surface area contributed by atoms with E-state index < -0.39 is 0 Å². The van der Waals surface area contributed by atoms with Crippen molar-refractivity contribution in [1.82, 2.24) is 0 Å². The molecule has 0 amide bonds. The normalized spacial score (nSPS) is 32.3. The molecule has 2 fully saturated rings. The largest absolute Gasteiger partial charge is 0.393 e. The van der Waals surface area contributed by atoms with E-state index in [0.717, 1.165) is 19.3 Å². The van der Waals surface area contributed by atoms with Gasteiger partial charge in [0.1, 0.15) is 11.2 Å². The Kier molecular flexibility index (Phi) is 11.3. The maximum atomic E-state index is 10.2. The van der Waals surface area contributed by atoms with Crippen molar-refractivity contribution < 1.29 is 14.9 Å². The molecule has 0 spiro atoms. The molecule has 4 atom stereocenters. The van der Waals surface area contributed by atoms with Crippen molar-refractivity contribution in [3.05, 3.63) is 119 Å². The number of allylic oxidation sites excluding steroid dienone is 18. The summed E-state index contributed by atoms with van der Waals surface area (Å²) in [7, 11) is 0. The molecule has 3 heteroatoms. The van der Waals surface area contributed by atoms with E-state index in [1.807, 2.05) is 0 Å². The summed E-state index contributed by atoms with van der Waals surface area (Å²) in [6.07, 6.45) is 32.3. The van der Waals surface area contributed by atoms with Crippen molar-refractivity contribution in [1.29, 1.82) is 0 Å². The summed E-state index contributed by atoms with van der Waals surface area (Å²) in [5.41, 5.74) is 6.71. The molecule has 0 radical (unpaired) electrons. The van der Waals surface area contributed by atoms with Gasteiger partial charge in [-0.1, -0.05) is 135 Å². The molecule has 1 saturated carbocycles. The molecule has 1 saturated heterocycles. The highest BCUT2D eigenvalue weighted by Crippen LogP contribution is 2.66. The minimum atomic E-state index is -0.291. The Morgan fingerprint density at radius 3 is 1.72 bits per heavy atom. The van der Waals surface area contributed by atoms with Crippen LogP contribution in [0, 0.1) is 10.8 Å². The van der Waals surface area contributed by atoms with Gasteiger partial charge >= 0.3 is 0 Å². The van der Waals surface area contributed by atoms with Crippen LogP contribution < -0.4 is 0 Å². The first-order chi connectivity index (χ1) is 20.0. The summed E-state index contributed by atoms with van der Waals surface area (Å²) in [4.78, 5) is 0. The second kappa shape index (κ2) is 13.9. The highest BCUT2D eigenvalue weighted by atomic mass is 16.6. The zero-order valence-corrected chi connectivity index (χ0v) is 28.4. The van der Waals surface area contributed by atoms with Crippen LogP contribution >= 0.6 is 0 Å². The monoisotopic (exact) mass is 584 g/mol. The molecule has 3 unspecified atom stereocenters. The highest BCUT2D eigenvalue weighted by molar-refractivity contribution is 5.39. The number of hydrogen-bond donors (Lipinski definition) is 2. The Balaban J connectivity index is 1.50. The van der Waals surface area contributed by atoms with E-state index >= 15 is 0 Å². The maximum Gasteiger partial charge on any atom is 0.121 e. The van der Waals surface area contributed by atoms with Crippen LogP contribution in [0.2, 0.25) is 0 Å². The molecule has 0 aromatic heterocycles. The molecule has 2 aliphatic carbocycles. The molecule has 3 aliphatic rings. The molecule has 0 aromatic rings. The molecule has 0 bridgehead atoms. The molecular weight excluding hydrogens is 528 g/mol. The third kappa shape index (κ3) is 8.91. The number of epoxide rings is 1. The SMILES string of the molecule is CC1=C(/C=C/C(C)=C/C=C/C(C)=C/C=C/C=C(C)/C=C/C=C(C)/C=C/C23OC2(C)C[C@@H](O)CC3(C)C)C(C)(C)CC(O)C1. The van der Waals surface area contributed by atoms with E-state index in [1.165, 1.54) is 33.4 Å². The van der Waals surface area contributed by atoms with Crippen molar-refractivity contribution >= 4 is 0 Å². The molecule has 43 heavy (non-hydrogen) atoms. The fourth-order valence-corrected chi connectivity index (χ4v) is 7.06. The van der Waals surface area contributed by atoms with Crippen molar-refractivity contribution in [2.24, 2.45) is 10.8 Å². The number of hydrogen-bond acceptors (Lipinski definition) is 3. The van der Waals surface area contributed by atoms with Gasteiger partial charge in [-0.05, 0) is 77.9 Å². The summed E-state index contributed by atoms with van der Waals surface area (Å²) < 4.78 is 6.25. The smallest absolute Gasteiger partial charge is 0.121 e. The number of aliphatic hydroxyl groups excluding tert-OH is 2. The van der Waals surface area contributed by atoms with Crippen LogP contribution in [0.4, 0.5) is 0 Å². The molecule has 234 valence electrons. The van der Waals surface area contributed by atoms with Gasteiger partial charge in [-0.3, -0.25) is 0 Å². The van der Waals surface area contributed by atoms with Crippen LogP contribution in [-0.4, -0.2) is 33.6 Å². The van der Waals surface area contributed by atoms with Gasteiger partial charge in [-0.15, -0.1) is 0 Å². The number of fused-ring (bicyclic) bond motifs is 1. The van der Waals surface area contributed by atoms with Gasteiger partial charge in [-0.2, -0.15) is 0 Å². The number of ether oxygens (including phenoxy) is 1. The lowest BCUT2D eigenvalue weighted by molar-refractivity contribution is 0.0515. The summed E-state index contributed by atoms with van der Waals surface area (Å²) in [5.74, 6) is 0. The fourth-order valence-electron chi connectivity index (χ4n) is 7.06. The molecule has 0 aromatic carbocycles. The summed E-state index contributed by atoms with van der Waals surface area (Å²) in [5, 5.41) is 20.4. The molecular formula is C40H56O3. The van der Waals surface area contributed by atoms with Crippen LogP contribution in [0.15, 0.2) is 119 Å². The van der Waals surface area contributed by atoms with E-state index in [-0.39, 0.29) is 34.2 Å². The van der Waals surface area contributed by atoms with Crippen molar-refractivity contribution in [2.75, 3.05) is 0 Å². The Labute approximate surface area is 262 Å².